The van der Waals surface area contributed by atoms with Crippen molar-refractivity contribution in [3.8, 4) is 0 Å². The molecule has 124 valence electrons. The third-order valence-corrected chi connectivity index (χ3v) is 3.75. The molecule has 0 aromatic heterocycles. The summed E-state index contributed by atoms with van der Waals surface area (Å²) in [6, 6.07) is 0. The van der Waals surface area contributed by atoms with Gasteiger partial charge in [-0.25, -0.2) is 0 Å². The van der Waals surface area contributed by atoms with E-state index >= 15 is 0 Å². The molecule has 1 N–H and O–H groups in total. The van der Waals surface area contributed by atoms with Crippen LogP contribution in [0.2, 0.25) is 0 Å². The van der Waals surface area contributed by atoms with Crippen molar-refractivity contribution in [3.63, 3.8) is 0 Å². The summed E-state index contributed by atoms with van der Waals surface area (Å²) in [5, 5.41) is 9.94. The predicted molar refractivity (Wildman–Crippen MR) is 75.3 cm³/mol. The van der Waals surface area contributed by atoms with E-state index in [0.29, 0.717) is 39.3 Å². The smallest absolute Gasteiger partial charge is 0.283 e. The van der Waals surface area contributed by atoms with Crippen molar-refractivity contribution in [1.82, 2.24) is 0 Å². The summed E-state index contributed by atoms with van der Waals surface area (Å²) in [6.07, 6.45) is 0.984. The van der Waals surface area contributed by atoms with E-state index in [2.05, 4.69) is 0 Å². The Morgan fingerprint density at radius 1 is 0.905 bits per heavy atom. The molecule has 2 aliphatic heterocycles. The molecule has 0 amide bonds. The number of hydrogen-bond donors (Lipinski definition) is 1. The molecule has 0 aromatic carbocycles. The van der Waals surface area contributed by atoms with Crippen LogP contribution in [0.15, 0.2) is 0 Å². The van der Waals surface area contributed by atoms with Crippen LogP contribution >= 0.6 is 0 Å². The fourth-order valence-corrected chi connectivity index (χ4v) is 2.40. The average molecular weight is 304 g/mol. The van der Waals surface area contributed by atoms with Gasteiger partial charge in [0.1, 0.15) is 0 Å². The minimum Gasteiger partial charge on any atom is -0.343 e. The van der Waals surface area contributed by atoms with Crippen LogP contribution < -0.4 is 0 Å². The summed E-state index contributed by atoms with van der Waals surface area (Å²) in [5.74, 6) is -2.49. The molecule has 0 bridgehead atoms. The number of aliphatic hydroxyl groups is 1. The van der Waals surface area contributed by atoms with Gasteiger partial charge in [0.25, 0.3) is 11.9 Å². The Hall–Kier alpha value is -0.240. The Bertz CT molecular complexity index is 344. The minimum absolute atomic E-state index is 0.340. The lowest BCUT2D eigenvalue weighted by atomic mass is 9.90. The second-order valence-corrected chi connectivity index (χ2v) is 6.97. The van der Waals surface area contributed by atoms with E-state index in [1.165, 1.54) is 0 Å². The highest BCUT2D eigenvalue weighted by Gasteiger charge is 2.51. The van der Waals surface area contributed by atoms with Gasteiger partial charge in [0.05, 0.1) is 37.4 Å². The molecule has 0 atom stereocenters. The zero-order valence-corrected chi connectivity index (χ0v) is 13.7. The van der Waals surface area contributed by atoms with Crippen LogP contribution in [0.3, 0.4) is 0 Å². The van der Waals surface area contributed by atoms with Crippen molar-refractivity contribution < 1.29 is 28.8 Å². The number of ether oxygens (including phenoxy) is 5. The van der Waals surface area contributed by atoms with Gasteiger partial charge >= 0.3 is 0 Å². The number of hydrogen-bond acceptors (Lipinski definition) is 6. The lowest BCUT2D eigenvalue weighted by Gasteiger charge is -2.50. The lowest BCUT2D eigenvalue weighted by Crippen LogP contribution is -2.60. The summed E-state index contributed by atoms with van der Waals surface area (Å²) in [6.45, 7) is 11.2. The van der Waals surface area contributed by atoms with Crippen LogP contribution in [0.1, 0.15) is 47.5 Å². The quantitative estimate of drug-likeness (QED) is 0.860. The van der Waals surface area contributed by atoms with Gasteiger partial charge in [0.15, 0.2) is 0 Å². The van der Waals surface area contributed by atoms with Crippen LogP contribution in [0.25, 0.3) is 0 Å². The minimum atomic E-state index is -1.48. The van der Waals surface area contributed by atoms with E-state index in [-0.39, 0.29) is 11.0 Å². The van der Waals surface area contributed by atoms with E-state index in [4.69, 9.17) is 23.7 Å². The van der Waals surface area contributed by atoms with Gasteiger partial charge in [-0.1, -0.05) is 13.8 Å². The van der Waals surface area contributed by atoms with Crippen molar-refractivity contribution >= 4 is 0 Å². The largest absolute Gasteiger partial charge is 0.343 e. The molecule has 6 nitrogen and oxygen atoms in total. The van der Waals surface area contributed by atoms with Crippen molar-refractivity contribution in [1.29, 1.82) is 0 Å². The summed E-state index contributed by atoms with van der Waals surface area (Å²) in [4.78, 5) is 0. The highest BCUT2D eigenvalue weighted by Crippen LogP contribution is 2.39. The van der Waals surface area contributed by atoms with Gasteiger partial charge in [0.2, 0.25) is 0 Å². The summed E-state index contributed by atoms with van der Waals surface area (Å²) in [7, 11) is 0. The van der Waals surface area contributed by atoms with E-state index in [9.17, 15) is 5.11 Å². The van der Waals surface area contributed by atoms with Crippen molar-refractivity contribution in [2.75, 3.05) is 26.4 Å². The molecule has 2 saturated heterocycles. The predicted octanol–water partition coefficient (Wildman–Crippen LogP) is 2.00. The first kappa shape index (κ1) is 17.1. The normalized spacial score (nSPS) is 41.4. The average Bonchev–Trinajstić information content (AvgIpc) is 2.44. The molecule has 2 rings (SSSR count). The summed E-state index contributed by atoms with van der Waals surface area (Å²) in [5.41, 5.74) is -0.746. The maximum Gasteiger partial charge on any atom is 0.283 e. The molecule has 0 radical (unpaired) electrons. The molecule has 21 heavy (non-hydrogen) atoms. The molecule has 1 spiro atoms. The first-order chi connectivity index (χ1) is 9.66. The highest BCUT2D eigenvalue weighted by molar-refractivity contribution is 4.87. The second kappa shape index (κ2) is 5.76. The van der Waals surface area contributed by atoms with E-state index in [1.54, 1.807) is 0 Å². The van der Waals surface area contributed by atoms with Gasteiger partial charge in [-0.15, -0.1) is 0 Å². The fourth-order valence-electron chi connectivity index (χ4n) is 2.40. The van der Waals surface area contributed by atoms with Gasteiger partial charge < -0.3 is 28.8 Å². The molecule has 0 saturated carbocycles. The molecule has 2 fully saturated rings. The Labute approximate surface area is 126 Å². The fraction of sp³-hybridized carbons (Fsp3) is 1.00. The van der Waals surface area contributed by atoms with Crippen LogP contribution in [0.5, 0.6) is 0 Å². The van der Waals surface area contributed by atoms with Gasteiger partial charge in [0, 0.05) is 12.8 Å². The maximum atomic E-state index is 9.94. The third-order valence-electron chi connectivity index (χ3n) is 3.75. The summed E-state index contributed by atoms with van der Waals surface area (Å²) >= 11 is 0. The first-order valence-electron chi connectivity index (χ1n) is 7.64. The Morgan fingerprint density at radius 2 is 1.38 bits per heavy atom. The monoisotopic (exact) mass is 304 g/mol. The Kier molecular flexibility index (Phi) is 4.69. The van der Waals surface area contributed by atoms with E-state index in [1.807, 2.05) is 34.6 Å². The van der Waals surface area contributed by atoms with Crippen molar-refractivity contribution in [2.45, 2.75) is 65.0 Å². The Morgan fingerprint density at radius 3 is 1.76 bits per heavy atom. The molecule has 0 unspecified atom stereocenters. The molecular weight excluding hydrogens is 276 g/mol. The number of rotatable bonds is 3. The van der Waals surface area contributed by atoms with E-state index in [0.717, 1.165) is 0 Å². The molecule has 0 aromatic rings. The van der Waals surface area contributed by atoms with Crippen molar-refractivity contribution in [3.05, 3.63) is 0 Å². The molecule has 6 heteroatoms. The van der Waals surface area contributed by atoms with Crippen LogP contribution in [0.4, 0.5) is 0 Å². The van der Waals surface area contributed by atoms with Gasteiger partial charge in [-0.3, -0.25) is 0 Å². The molecule has 2 heterocycles. The molecule has 2 aliphatic rings. The van der Waals surface area contributed by atoms with Crippen LogP contribution in [-0.4, -0.2) is 49.1 Å². The zero-order valence-electron chi connectivity index (χ0n) is 13.7. The Balaban J connectivity index is 1.96. The third kappa shape index (κ3) is 3.94. The second-order valence-electron chi connectivity index (χ2n) is 6.97. The standard InChI is InChI=1S/C15H28O6/c1-6-14(16)17-8-13(9-18-14)10-19-15(7-2,20-11-13)21-12(3,4)5/h16H,6-11H2,1-5H3. The van der Waals surface area contributed by atoms with Crippen LogP contribution in [-0.2, 0) is 23.7 Å². The maximum absolute atomic E-state index is 9.94. The lowest BCUT2D eigenvalue weighted by molar-refractivity contribution is -0.469. The van der Waals surface area contributed by atoms with Crippen LogP contribution in [0, 0.1) is 5.41 Å². The SMILES string of the molecule is CCC1(O)OCC2(CO1)COC(CC)(OC(C)(C)C)OC2. The summed E-state index contributed by atoms with van der Waals surface area (Å²) < 4.78 is 28.6. The molecular formula is C15H28O6. The topological polar surface area (TPSA) is 66.4 Å². The highest BCUT2D eigenvalue weighted by atomic mass is 16.9. The molecule has 0 aliphatic carbocycles. The van der Waals surface area contributed by atoms with E-state index < -0.39 is 11.9 Å². The van der Waals surface area contributed by atoms with Gasteiger partial charge in [-0.05, 0) is 20.8 Å². The van der Waals surface area contributed by atoms with Crippen molar-refractivity contribution in [2.24, 2.45) is 5.41 Å². The van der Waals surface area contributed by atoms with Gasteiger partial charge in [-0.2, -0.15) is 0 Å². The first-order valence-corrected chi connectivity index (χ1v) is 7.64. The zero-order chi connectivity index (χ0) is 15.8.